The Balaban J connectivity index is 1.63. The molecule has 1 atom stereocenters. The number of rotatable bonds is 6. The molecule has 0 bridgehead atoms. The number of carbonyl (C=O) groups is 1. The summed E-state index contributed by atoms with van der Waals surface area (Å²) in [6, 6.07) is 7.60. The fourth-order valence-corrected chi connectivity index (χ4v) is 2.95. The van der Waals surface area contributed by atoms with Crippen LogP contribution in [-0.2, 0) is 16.1 Å². The predicted octanol–water partition coefficient (Wildman–Crippen LogP) is 1.49. The minimum Gasteiger partial charge on any atom is -0.383 e. The zero-order valence-electron chi connectivity index (χ0n) is 14.5. The molecule has 1 aliphatic heterocycles. The third-order valence-corrected chi connectivity index (χ3v) is 4.42. The maximum Gasteiger partial charge on any atom is 0.268 e. The van der Waals surface area contributed by atoms with E-state index in [-0.39, 0.29) is 23.1 Å². The molecule has 7 nitrogen and oxygen atoms in total. The van der Waals surface area contributed by atoms with Crippen LogP contribution in [0.5, 0.6) is 0 Å². The maximum absolute atomic E-state index is 13.7. The number of nitrogens with one attached hydrogen (secondary N) is 1. The smallest absolute Gasteiger partial charge is 0.268 e. The summed E-state index contributed by atoms with van der Waals surface area (Å²) in [5.74, 6) is -0.955. The van der Waals surface area contributed by atoms with Crippen molar-refractivity contribution < 1.29 is 13.9 Å². The second kappa shape index (κ2) is 8.09. The summed E-state index contributed by atoms with van der Waals surface area (Å²) in [5, 5.41) is 6.77. The highest BCUT2D eigenvalue weighted by atomic mass is 19.1. The van der Waals surface area contributed by atoms with Crippen molar-refractivity contribution in [3.8, 4) is 0 Å². The number of amides is 1. The van der Waals surface area contributed by atoms with E-state index in [1.54, 1.807) is 25.4 Å². The molecule has 0 saturated carbocycles. The van der Waals surface area contributed by atoms with Crippen molar-refractivity contribution in [3.63, 3.8) is 0 Å². The van der Waals surface area contributed by atoms with E-state index in [4.69, 9.17) is 4.74 Å². The Kier molecular flexibility index (Phi) is 5.62. The van der Waals surface area contributed by atoms with Gasteiger partial charge in [0.15, 0.2) is 0 Å². The molecule has 1 aliphatic rings. The zero-order chi connectivity index (χ0) is 18.5. The fraction of sp³-hybridized carbons (Fsp3) is 0.389. The quantitative estimate of drug-likeness (QED) is 0.845. The molecule has 1 N–H and O–H groups in total. The van der Waals surface area contributed by atoms with E-state index >= 15 is 0 Å². The summed E-state index contributed by atoms with van der Waals surface area (Å²) >= 11 is 0. The number of aromatic nitrogens is 2. The molecule has 1 unspecified atom stereocenters. The van der Waals surface area contributed by atoms with Crippen LogP contribution >= 0.6 is 0 Å². The van der Waals surface area contributed by atoms with E-state index in [2.05, 4.69) is 10.4 Å². The second-order valence-electron chi connectivity index (χ2n) is 6.17. The van der Waals surface area contributed by atoms with Gasteiger partial charge in [-0.1, -0.05) is 12.1 Å². The molecular weight excluding hydrogens is 339 g/mol. The standard InChI is InChI=1S/C18H21FN4O3/c1-26-9-8-23-17(24)10-14(11-20-23)22-7-6-13(12-22)18(25)21-16-5-3-2-4-15(16)19/h2-5,10-11,13H,6-9,12H2,1H3,(H,21,25). The minimum atomic E-state index is -0.459. The first-order valence-corrected chi connectivity index (χ1v) is 8.45. The van der Waals surface area contributed by atoms with Gasteiger partial charge in [0.2, 0.25) is 5.91 Å². The Bertz CT molecular complexity index is 839. The van der Waals surface area contributed by atoms with Crippen molar-refractivity contribution in [1.82, 2.24) is 9.78 Å². The van der Waals surface area contributed by atoms with Gasteiger partial charge in [-0.2, -0.15) is 5.10 Å². The number of benzene rings is 1. The van der Waals surface area contributed by atoms with Gasteiger partial charge >= 0.3 is 0 Å². The molecule has 1 aromatic heterocycles. The minimum absolute atomic E-state index is 0.179. The lowest BCUT2D eigenvalue weighted by Gasteiger charge is -2.18. The highest BCUT2D eigenvalue weighted by molar-refractivity contribution is 5.93. The largest absolute Gasteiger partial charge is 0.383 e. The van der Waals surface area contributed by atoms with E-state index in [1.165, 1.54) is 22.9 Å². The number of hydrogen-bond acceptors (Lipinski definition) is 5. The van der Waals surface area contributed by atoms with Crippen LogP contribution in [0.2, 0.25) is 0 Å². The average Bonchev–Trinajstić information content (AvgIpc) is 3.13. The number of nitrogens with zero attached hydrogens (tertiary/aromatic N) is 3. The first kappa shape index (κ1) is 18.1. The molecular formula is C18H21FN4O3. The van der Waals surface area contributed by atoms with Crippen LogP contribution in [0.25, 0.3) is 0 Å². The van der Waals surface area contributed by atoms with Gasteiger partial charge in [0.05, 0.1) is 36.6 Å². The van der Waals surface area contributed by atoms with Crippen LogP contribution in [0.3, 0.4) is 0 Å². The third kappa shape index (κ3) is 4.08. The molecule has 0 radical (unpaired) electrons. The Morgan fingerprint density at radius 3 is 2.96 bits per heavy atom. The predicted molar refractivity (Wildman–Crippen MR) is 95.7 cm³/mol. The highest BCUT2D eigenvalue weighted by Gasteiger charge is 2.29. The van der Waals surface area contributed by atoms with E-state index in [0.717, 1.165) is 0 Å². The highest BCUT2D eigenvalue weighted by Crippen LogP contribution is 2.24. The lowest BCUT2D eigenvalue weighted by molar-refractivity contribution is -0.119. The molecule has 0 aliphatic carbocycles. The summed E-state index contributed by atoms with van der Waals surface area (Å²) in [6.45, 7) is 1.90. The summed E-state index contributed by atoms with van der Waals surface area (Å²) in [5.41, 5.74) is 0.655. The number of methoxy groups -OCH3 is 1. The van der Waals surface area contributed by atoms with Crippen molar-refractivity contribution in [1.29, 1.82) is 0 Å². The normalized spacial score (nSPS) is 16.7. The van der Waals surface area contributed by atoms with Crippen LogP contribution in [0.4, 0.5) is 15.8 Å². The van der Waals surface area contributed by atoms with Crippen LogP contribution in [0.1, 0.15) is 6.42 Å². The molecule has 26 heavy (non-hydrogen) atoms. The first-order chi connectivity index (χ1) is 12.6. The van der Waals surface area contributed by atoms with Gasteiger partial charge in [-0.05, 0) is 18.6 Å². The average molecular weight is 360 g/mol. The Morgan fingerprint density at radius 2 is 2.23 bits per heavy atom. The second-order valence-corrected chi connectivity index (χ2v) is 6.17. The molecule has 1 fully saturated rings. The summed E-state index contributed by atoms with van der Waals surface area (Å²) < 4.78 is 20.0. The lowest BCUT2D eigenvalue weighted by atomic mass is 10.1. The van der Waals surface area contributed by atoms with Crippen molar-refractivity contribution in [2.75, 3.05) is 37.0 Å². The lowest BCUT2D eigenvalue weighted by Crippen LogP contribution is -2.29. The van der Waals surface area contributed by atoms with Gasteiger partial charge in [-0.15, -0.1) is 0 Å². The molecule has 1 amide bonds. The zero-order valence-corrected chi connectivity index (χ0v) is 14.5. The Morgan fingerprint density at radius 1 is 1.42 bits per heavy atom. The monoisotopic (exact) mass is 360 g/mol. The van der Waals surface area contributed by atoms with Gasteiger partial charge in [-0.3, -0.25) is 9.59 Å². The van der Waals surface area contributed by atoms with E-state index in [1.807, 2.05) is 4.90 Å². The van der Waals surface area contributed by atoms with Crippen molar-refractivity contribution in [2.45, 2.75) is 13.0 Å². The number of anilines is 2. The van der Waals surface area contributed by atoms with Crippen molar-refractivity contribution in [2.24, 2.45) is 5.92 Å². The van der Waals surface area contributed by atoms with Crippen LogP contribution in [0.15, 0.2) is 41.3 Å². The number of hydrogen-bond donors (Lipinski definition) is 1. The van der Waals surface area contributed by atoms with Crippen LogP contribution in [0, 0.1) is 11.7 Å². The van der Waals surface area contributed by atoms with Crippen LogP contribution < -0.4 is 15.8 Å². The molecule has 8 heteroatoms. The van der Waals surface area contributed by atoms with Gasteiger partial charge in [-0.25, -0.2) is 9.07 Å². The van der Waals surface area contributed by atoms with Crippen molar-refractivity contribution in [3.05, 3.63) is 52.7 Å². The number of para-hydroxylation sites is 1. The van der Waals surface area contributed by atoms with E-state index in [0.29, 0.717) is 38.3 Å². The first-order valence-electron chi connectivity index (χ1n) is 8.45. The summed E-state index contributed by atoms with van der Waals surface area (Å²) in [4.78, 5) is 26.4. The number of ether oxygens (including phenoxy) is 1. The molecule has 2 heterocycles. The van der Waals surface area contributed by atoms with E-state index < -0.39 is 5.82 Å². The summed E-state index contributed by atoms with van der Waals surface area (Å²) in [6.07, 6.45) is 2.25. The SMILES string of the molecule is COCCn1ncc(N2CCC(C(=O)Nc3ccccc3F)C2)cc1=O. The van der Waals surface area contributed by atoms with Crippen LogP contribution in [-0.4, -0.2) is 42.5 Å². The Labute approximate surface area is 150 Å². The van der Waals surface area contributed by atoms with Crippen molar-refractivity contribution >= 4 is 17.3 Å². The number of halogens is 1. The van der Waals surface area contributed by atoms with Gasteiger partial charge in [0, 0.05) is 26.3 Å². The molecule has 2 aromatic rings. The van der Waals surface area contributed by atoms with Gasteiger partial charge in [0.1, 0.15) is 5.82 Å². The topological polar surface area (TPSA) is 76.5 Å². The molecule has 0 spiro atoms. The molecule has 138 valence electrons. The van der Waals surface area contributed by atoms with Gasteiger partial charge in [0.25, 0.3) is 5.56 Å². The van der Waals surface area contributed by atoms with Gasteiger partial charge < -0.3 is 15.0 Å². The molecule has 3 rings (SSSR count). The fourth-order valence-electron chi connectivity index (χ4n) is 2.95. The summed E-state index contributed by atoms with van der Waals surface area (Å²) in [7, 11) is 1.57. The Hall–Kier alpha value is -2.74. The van der Waals surface area contributed by atoms with E-state index in [9.17, 15) is 14.0 Å². The molecule has 1 saturated heterocycles. The molecule has 1 aromatic carbocycles. The number of carbonyl (C=O) groups excluding carboxylic acids is 1. The third-order valence-electron chi connectivity index (χ3n) is 4.42. The maximum atomic E-state index is 13.7.